The van der Waals surface area contributed by atoms with E-state index in [2.05, 4.69) is 20.5 Å². The van der Waals surface area contributed by atoms with E-state index in [0.717, 1.165) is 21.8 Å². The molecule has 3 atom stereocenters. The molecule has 2 aliphatic rings. The van der Waals surface area contributed by atoms with Gasteiger partial charge in [-0.05, 0) is 19.1 Å². The Labute approximate surface area is 182 Å². The molecular formula is C20H23N5O5S. The molecule has 0 radical (unpaired) electrons. The van der Waals surface area contributed by atoms with Gasteiger partial charge in [0, 0.05) is 12.5 Å². The smallest absolute Gasteiger partial charge is 0.321 e. The molecule has 2 aromatic heterocycles. The number of aliphatic hydroxyl groups excluding tert-OH is 1. The molecule has 0 aliphatic carbocycles. The fourth-order valence-electron chi connectivity index (χ4n) is 3.96. The zero-order chi connectivity index (χ0) is 21.5. The highest BCUT2D eigenvalue weighted by atomic mass is 32.1. The summed E-state index contributed by atoms with van der Waals surface area (Å²) < 4.78 is 17.2. The zero-order valence-electron chi connectivity index (χ0n) is 17.1. The number of methoxy groups -OCH3 is 1. The minimum Gasteiger partial charge on any atom is -0.497 e. The summed E-state index contributed by atoms with van der Waals surface area (Å²) in [5.41, 5.74) is 2.39. The molecule has 1 aromatic carbocycles. The molecule has 31 heavy (non-hydrogen) atoms. The summed E-state index contributed by atoms with van der Waals surface area (Å²) in [5, 5.41) is 15.1. The maximum Gasteiger partial charge on any atom is 0.321 e. The molecule has 0 unspecified atom stereocenters. The standard InChI is InChI=1S/C20H23N5O5S/c1-10(7-26)21-18(27)24-19-22-14-5-11-8-29-9-15(17(14)31-19)25(11)20-23-13-6-12(28-2)3-4-16(13)30-20/h3-4,6,10-11,15,26H,5,7-9H2,1-2H3,(H2,21,22,24,27)/t10-,11+,15+/m1/s1. The number of anilines is 2. The lowest BCUT2D eigenvalue weighted by Crippen LogP contribution is -2.51. The van der Waals surface area contributed by atoms with Crippen LogP contribution in [0, 0.1) is 0 Å². The summed E-state index contributed by atoms with van der Waals surface area (Å²) in [4.78, 5) is 24.6. The number of carbonyl (C=O) groups excluding carboxylic acids is 1. The fraction of sp³-hybridized carbons (Fsp3) is 0.450. The Balaban J connectivity index is 1.43. The van der Waals surface area contributed by atoms with Gasteiger partial charge in [-0.3, -0.25) is 5.32 Å². The van der Waals surface area contributed by atoms with Crippen molar-refractivity contribution >= 4 is 39.6 Å². The zero-order valence-corrected chi connectivity index (χ0v) is 17.9. The van der Waals surface area contributed by atoms with Crippen LogP contribution in [0.25, 0.3) is 11.1 Å². The molecule has 164 valence electrons. The molecule has 5 rings (SSSR count). The molecule has 2 aliphatic heterocycles. The maximum atomic E-state index is 12.1. The number of aliphatic hydroxyl groups is 1. The lowest BCUT2D eigenvalue weighted by Gasteiger charge is -2.43. The van der Waals surface area contributed by atoms with Crippen LogP contribution in [0.15, 0.2) is 22.6 Å². The number of hydrogen-bond acceptors (Lipinski definition) is 9. The summed E-state index contributed by atoms with van der Waals surface area (Å²) in [6.07, 6.45) is 0.667. The molecule has 3 N–H and O–H groups in total. The average Bonchev–Trinajstić information content (AvgIpc) is 3.35. The summed E-state index contributed by atoms with van der Waals surface area (Å²) in [7, 11) is 1.62. The largest absolute Gasteiger partial charge is 0.497 e. The van der Waals surface area contributed by atoms with Crippen molar-refractivity contribution in [2.24, 2.45) is 0 Å². The van der Waals surface area contributed by atoms with Gasteiger partial charge in [0.2, 0.25) is 0 Å². The number of urea groups is 1. The van der Waals surface area contributed by atoms with Gasteiger partial charge in [0.25, 0.3) is 6.01 Å². The second kappa shape index (κ2) is 7.98. The minimum absolute atomic E-state index is 0.0411. The van der Waals surface area contributed by atoms with E-state index < -0.39 is 6.03 Å². The number of rotatable bonds is 5. The minimum atomic E-state index is -0.392. The normalized spacial score (nSPS) is 20.9. The van der Waals surface area contributed by atoms with Crippen LogP contribution in [-0.2, 0) is 11.2 Å². The molecule has 2 amide bonds. The Bertz CT molecular complexity index is 1110. The average molecular weight is 446 g/mol. The van der Waals surface area contributed by atoms with Crippen LogP contribution in [0.1, 0.15) is 23.5 Å². The third-order valence-corrected chi connectivity index (χ3v) is 6.56. The van der Waals surface area contributed by atoms with Crippen molar-refractivity contribution in [2.75, 3.05) is 37.1 Å². The Kier molecular flexibility index (Phi) is 5.16. The van der Waals surface area contributed by atoms with Crippen LogP contribution in [0.4, 0.5) is 15.9 Å². The van der Waals surface area contributed by atoms with Gasteiger partial charge >= 0.3 is 6.03 Å². The van der Waals surface area contributed by atoms with E-state index in [1.165, 1.54) is 11.3 Å². The van der Waals surface area contributed by atoms with Gasteiger partial charge in [0.1, 0.15) is 11.3 Å². The second-order valence-corrected chi connectivity index (χ2v) is 8.69. The predicted octanol–water partition coefficient (Wildman–Crippen LogP) is 2.30. The van der Waals surface area contributed by atoms with Gasteiger partial charge in [-0.1, -0.05) is 11.3 Å². The second-order valence-electron chi connectivity index (χ2n) is 7.66. The first-order valence-corrected chi connectivity index (χ1v) is 10.9. The molecule has 1 fully saturated rings. The number of nitrogens with one attached hydrogen (secondary N) is 2. The van der Waals surface area contributed by atoms with Gasteiger partial charge in [-0.2, -0.15) is 4.98 Å². The molecule has 0 spiro atoms. The predicted molar refractivity (Wildman–Crippen MR) is 115 cm³/mol. The highest BCUT2D eigenvalue weighted by Crippen LogP contribution is 2.43. The number of benzene rings is 1. The van der Waals surface area contributed by atoms with Gasteiger partial charge in [-0.15, -0.1) is 0 Å². The van der Waals surface area contributed by atoms with E-state index in [4.69, 9.17) is 24.0 Å². The molecular weight excluding hydrogens is 422 g/mol. The van der Waals surface area contributed by atoms with Crippen molar-refractivity contribution < 1.29 is 23.8 Å². The molecule has 11 heteroatoms. The van der Waals surface area contributed by atoms with E-state index in [9.17, 15) is 4.79 Å². The van der Waals surface area contributed by atoms with Crippen LogP contribution in [0.2, 0.25) is 0 Å². The van der Waals surface area contributed by atoms with Gasteiger partial charge < -0.3 is 29.2 Å². The van der Waals surface area contributed by atoms with E-state index >= 15 is 0 Å². The third-order valence-electron chi connectivity index (χ3n) is 5.45. The number of morpholine rings is 1. The Morgan fingerprint density at radius 1 is 1.42 bits per heavy atom. The van der Waals surface area contributed by atoms with Gasteiger partial charge in [-0.25, -0.2) is 9.78 Å². The van der Waals surface area contributed by atoms with E-state index in [-0.39, 0.29) is 24.7 Å². The number of thiazole rings is 1. The lowest BCUT2D eigenvalue weighted by atomic mass is 9.97. The van der Waals surface area contributed by atoms with Crippen LogP contribution in [0.3, 0.4) is 0 Å². The summed E-state index contributed by atoms with van der Waals surface area (Å²) in [5.74, 6) is 0.726. The molecule has 3 aromatic rings. The number of hydrogen-bond donors (Lipinski definition) is 3. The van der Waals surface area contributed by atoms with Crippen molar-refractivity contribution in [1.82, 2.24) is 15.3 Å². The van der Waals surface area contributed by atoms with Crippen molar-refractivity contribution in [3.8, 4) is 5.75 Å². The monoisotopic (exact) mass is 445 g/mol. The summed E-state index contributed by atoms with van der Waals surface area (Å²) >= 11 is 1.42. The Hall–Kier alpha value is -2.89. The highest BCUT2D eigenvalue weighted by Gasteiger charge is 2.42. The quantitative estimate of drug-likeness (QED) is 0.547. The number of carbonyl (C=O) groups is 1. The Morgan fingerprint density at radius 3 is 3.10 bits per heavy atom. The van der Waals surface area contributed by atoms with Crippen LogP contribution >= 0.6 is 11.3 Å². The first-order chi connectivity index (χ1) is 15.1. The fourth-order valence-corrected chi connectivity index (χ4v) is 5.03. The molecule has 0 saturated carbocycles. The first-order valence-electron chi connectivity index (χ1n) is 10.0. The van der Waals surface area contributed by atoms with Crippen molar-refractivity contribution in [3.05, 3.63) is 28.8 Å². The third kappa shape index (κ3) is 3.68. The number of ether oxygens (including phenoxy) is 2. The number of fused-ring (bicyclic) bond motifs is 5. The van der Waals surface area contributed by atoms with E-state index in [1.54, 1.807) is 14.0 Å². The molecule has 10 nitrogen and oxygen atoms in total. The maximum absolute atomic E-state index is 12.1. The highest BCUT2D eigenvalue weighted by molar-refractivity contribution is 7.16. The van der Waals surface area contributed by atoms with Crippen LogP contribution < -0.4 is 20.3 Å². The lowest BCUT2D eigenvalue weighted by molar-refractivity contribution is 0.0579. The Morgan fingerprint density at radius 2 is 2.29 bits per heavy atom. The topological polar surface area (TPSA) is 122 Å². The number of aromatic nitrogens is 2. The first kappa shape index (κ1) is 20.0. The van der Waals surface area contributed by atoms with Crippen LogP contribution in [-0.4, -0.2) is 60.1 Å². The number of nitrogens with zero attached hydrogens (tertiary/aromatic N) is 3. The van der Waals surface area contributed by atoms with E-state index in [1.807, 2.05) is 18.2 Å². The van der Waals surface area contributed by atoms with Crippen molar-refractivity contribution in [2.45, 2.75) is 31.5 Å². The summed E-state index contributed by atoms with van der Waals surface area (Å²) in [6, 6.07) is 5.32. The molecule has 1 saturated heterocycles. The molecule has 2 bridgehead atoms. The summed E-state index contributed by atoms with van der Waals surface area (Å²) in [6.45, 7) is 2.63. The van der Waals surface area contributed by atoms with Gasteiger partial charge in [0.15, 0.2) is 10.7 Å². The van der Waals surface area contributed by atoms with Gasteiger partial charge in [0.05, 0.1) is 55.6 Å². The number of amides is 2. The number of oxazole rings is 1. The van der Waals surface area contributed by atoms with Crippen molar-refractivity contribution in [1.29, 1.82) is 0 Å². The van der Waals surface area contributed by atoms with Crippen LogP contribution in [0.5, 0.6) is 5.75 Å². The van der Waals surface area contributed by atoms with Crippen molar-refractivity contribution in [3.63, 3.8) is 0 Å². The molecule has 4 heterocycles. The van der Waals surface area contributed by atoms with E-state index in [0.29, 0.717) is 36.4 Å². The SMILES string of the molecule is COc1ccc2oc(N3[C@@H]4COC[C@H]3c3sc(NC(=O)N[C@H](C)CO)nc3C4)nc2c1.